The van der Waals surface area contributed by atoms with Crippen molar-refractivity contribution in [2.24, 2.45) is 4.99 Å². The van der Waals surface area contributed by atoms with Gasteiger partial charge in [0.1, 0.15) is 0 Å². The van der Waals surface area contributed by atoms with Crippen molar-refractivity contribution in [2.75, 3.05) is 18.5 Å². The van der Waals surface area contributed by atoms with Gasteiger partial charge in [-0.1, -0.05) is 36.7 Å². The Balaban J connectivity index is 1.71. The maximum atomic E-state index is 12.4. The number of nitrogens with zero attached hydrogens (tertiary/aromatic N) is 1. The Morgan fingerprint density at radius 3 is 2.52 bits per heavy atom. The van der Waals surface area contributed by atoms with E-state index in [0.29, 0.717) is 33.3 Å². The third-order valence-electron chi connectivity index (χ3n) is 4.84. The summed E-state index contributed by atoms with van der Waals surface area (Å²) in [7, 11) is 0. The predicted molar refractivity (Wildman–Crippen MR) is 139 cm³/mol. The first-order valence-corrected chi connectivity index (χ1v) is 11.8. The van der Waals surface area contributed by atoms with Crippen LogP contribution in [0.1, 0.15) is 30.5 Å². The highest BCUT2D eigenvalue weighted by Crippen LogP contribution is 2.37. The molecule has 0 unspecified atom stereocenters. The monoisotopic (exact) mass is 528 g/mol. The molecule has 0 aliphatic carbocycles. The summed E-state index contributed by atoms with van der Waals surface area (Å²) in [5.41, 5.74) is 4.54. The molecule has 5 nitrogen and oxygen atoms in total. The Labute approximate surface area is 207 Å². The standard InChI is InChI=1S/C26H26BrClN2O3/c1-4-18-7-10-20(11-8-18)29-15-19-12-22(27)26(24(13-19)32-5-2)33-16-25(31)30-21-9-6-17(3)23(28)14-21/h6-15H,4-5,16H2,1-3H3,(H,30,31). The van der Waals surface area contributed by atoms with Crippen LogP contribution in [0.3, 0.4) is 0 Å². The van der Waals surface area contributed by atoms with Crippen molar-refractivity contribution in [1.82, 2.24) is 0 Å². The zero-order valence-corrected chi connectivity index (χ0v) is 21.2. The summed E-state index contributed by atoms with van der Waals surface area (Å²) in [4.78, 5) is 16.9. The molecule has 7 heteroatoms. The van der Waals surface area contributed by atoms with Gasteiger partial charge in [-0.05, 0) is 89.3 Å². The number of anilines is 1. The number of halogens is 2. The number of nitrogens with one attached hydrogen (secondary N) is 1. The number of aryl methyl sites for hydroxylation is 2. The number of aliphatic imine (C=N–C) groups is 1. The predicted octanol–water partition coefficient (Wildman–Crippen LogP) is 7.14. The Morgan fingerprint density at radius 1 is 1.09 bits per heavy atom. The lowest BCUT2D eigenvalue weighted by Crippen LogP contribution is -2.20. The second-order valence-corrected chi connectivity index (χ2v) is 8.60. The smallest absolute Gasteiger partial charge is 0.262 e. The van der Waals surface area contributed by atoms with E-state index in [1.165, 1.54) is 5.56 Å². The quantitative estimate of drug-likeness (QED) is 0.300. The van der Waals surface area contributed by atoms with Gasteiger partial charge in [-0.3, -0.25) is 9.79 Å². The molecule has 0 saturated heterocycles. The van der Waals surface area contributed by atoms with Crippen LogP contribution in [0, 0.1) is 6.92 Å². The van der Waals surface area contributed by atoms with Crippen LogP contribution in [-0.2, 0) is 11.2 Å². The van der Waals surface area contributed by atoms with E-state index in [-0.39, 0.29) is 12.5 Å². The van der Waals surface area contributed by atoms with Crippen LogP contribution in [0.5, 0.6) is 11.5 Å². The first kappa shape index (κ1) is 24.8. The van der Waals surface area contributed by atoms with E-state index in [1.54, 1.807) is 18.3 Å². The zero-order valence-electron chi connectivity index (χ0n) is 18.8. The van der Waals surface area contributed by atoms with Crippen LogP contribution in [0.2, 0.25) is 5.02 Å². The van der Waals surface area contributed by atoms with Gasteiger partial charge >= 0.3 is 0 Å². The van der Waals surface area contributed by atoms with Crippen molar-refractivity contribution >= 4 is 51.0 Å². The SMILES string of the molecule is CCOc1cc(C=Nc2ccc(CC)cc2)cc(Br)c1OCC(=O)Nc1ccc(C)c(Cl)c1. The van der Waals surface area contributed by atoms with Crippen molar-refractivity contribution in [3.63, 3.8) is 0 Å². The number of amides is 1. The molecular formula is C26H26BrClN2O3. The van der Waals surface area contributed by atoms with Gasteiger partial charge in [0.15, 0.2) is 18.1 Å². The number of hydrogen-bond donors (Lipinski definition) is 1. The number of rotatable bonds is 9. The third-order valence-corrected chi connectivity index (χ3v) is 5.84. The molecule has 3 aromatic carbocycles. The molecule has 0 saturated carbocycles. The lowest BCUT2D eigenvalue weighted by molar-refractivity contribution is -0.118. The molecule has 0 spiro atoms. The van der Waals surface area contributed by atoms with Crippen molar-refractivity contribution in [2.45, 2.75) is 27.2 Å². The average Bonchev–Trinajstić information content (AvgIpc) is 2.80. The topological polar surface area (TPSA) is 59.9 Å². The largest absolute Gasteiger partial charge is 0.490 e. The summed E-state index contributed by atoms with van der Waals surface area (Å²) >= 11 is 9.66. The summed E-state index contributed by atoms with van der Waals surface area (Å²) in [6, 6.07) is 17.2. The molecule has 172 valence electrons. The van der Waals surface area contributed by atoms with E-state index >= 15 is 0 Å². The van der Waals surface area contributed by atoms with Crippen molar-refractivity contribution in [1.29, 1.82) is 0 Å². The van der Waals surface area contributed by atoms with Gasteiger partial charge in [0.2, 0.25) is 0 Å². The van der Waals surface area contributed by atoms with Gasteiger partial charge in [-0.15, -0.1) is 0 Å². The number of carbonyl (C=O) groups is 1. The van der Waals surface area contributed by atoms with Crippen LogP contribution >= 0.6 is 27.5 Å². The average molecular weight is 530 g/mol. The molecule has 0 aromatic heterocycles. The second kappa shape index (κ2) is 11.9. The Hall–Kier alpha value is -2.83. The lowest BCUT2D eigenvalue weighted by Gasteiger charge is -2.15. The molecule has 0 fully saturated rings. The van der Waals surface area contributed by atoms with E-state index < -0.39 is 0 Å². The minimum Gasteiger partial charge on any atom is -0.490 e. The maximum absolute atomic E-state index is 12.4. The van der Waals surface area contributed by atoms with Gasteiger partial charge < -0.3 is 14.8 Å². The first-order valence-electron chi connectivity index (χ1n) is 10.7. The van der Waals surface area contributed by atoms with Crippen molar-refractivity contribution in [3.05, 3.63) is 80.8 Å². The van der Waals surface area contributed by atoms with Crippen LogP contribution < -0.4 is 14.8 Å². The molecule has 0 atom stereocenters. The molecule has 0 radical (unpaired) electrons. The van der Waals surface area contributed by atoms with Gasteiger partial charge in [0.05, 0.1) is 16.8 Å². The van der Waals surface area contributed by atoms with Gasteiger partial charge in [0.25, 0.3) is 5.91 Å². The summed E-state index contributed by atoms with van der Waals surface area (Å²) in [6.45, 7) is 6.19. The molecule has 3 rings (SSSR count). The summed E-state index contributed by atoms with van der Waals surface area (Å²) in [6.07, 6.45) is 2.76. The van der Waals surface area contributed by atoms with E-state index in [0.717, 1.165) is 23.2 Å². The fraction of sp³-hybridized carbons (Fsp3) is 0.231. The minimum atomic E-state index is -0.301. The summed E-state index contributed by atoms with van der Waals surface area (Å²) in [5, 5.41) is 3.37. The number of ether oxygens (including phenoxy) is 2. The zero-order chi connectivity index (χ0) is 23.8. The molecular weight excluding hydrogens is 504 g/mol. The highest BCUT2D eigenvalue weighted by atomic mass is 79.9. The van der Waals surface area contributed by atoms with Crippen LogP contribution in [0.4, 0.5) is 11.4 Å². The minimum absolute atomic E-state index is 0.179. The number of hydrogen-bond acceptors (Lipinski definition) is 4. The Kier molecular flexibility index (Phi) is 8.92. The highest BCUT2D eigenvalue weighted by Gasteiger charge is 2.14. The fourth-order valence-corrected chi connectivity index (χ4v) is 3.79. The van der Waals surface area contributed by atoms with Gasteiger partial charge in [-0.25, -0.2) is 0 Å². The molecule has 1 amide bonds. The van der Waals surface area contributed by atoms with Gasteiger partial charge in [-0.2, -0.15) is 0 Å². The van der Waals surface area contributed by atoms with Crippen LogP contribution in [0.15, 0.2) is 64.1 Å². The molecule has 0 heterocycles. The second-order valence-electron chi connectivity index (χ2n) is 7.34. The maximum Gasteiger partial charge on any atom is 0.262 e. The lowest BCUT2D eigenvalue weighted by atomic mass is 10.1. The third kappa shape index (κ3) is 7.07. The molecule has 0 aliphatic rings. The van der Waals surface area contributed by atoms with E-state index in [9.17, 15) is 4.79 Å². The molecule has 33 heavy (non-hydrogen) atoms. The highest BCUT2D eigenvalue weighted by molar-refractivity contribution is 9.10. The van der Waals surface area contributed by atoms with E-state index in [4.69, 9.17) is 21.1 Å². The molecule has 0 aliphatic heterocycles. The molecule has 1 N–H and O–H groups in total. The normalized spacial score (nSPS) is 10.9. The fourth-order valence-electron chi connectivity index (χ4n) is 3.04. The van der Waals surface area contributed by atoms with E-state index in [2.05, 4.69) is 45.3 Å². The summed E-state index contributed by atoms with van der Waals surface area (Å²) in [5.74, 6) is 0.685. The van der Waals surface area contributed by atoms with Gasteiger partial charge in [0, 0.05) is 16.9 Å². The van der Waals surface area contributed by atoms with Crippen molar-refractivity contribution in [3.8, 4) is 11.5 Å². The van der Waals surface area contributed by atoms with Crippen molar-refractivity contribution < 1.29 is 14.3 Å². The summed E-state index contributed by atoms with van der Waals surface area (Å²) < 4.78 is 12.2. The van der Waals surface area contributed by atoms with E-state index in [1.807, 2.05) is 44.2 Å². The Morgan fingerprint density at radius 2 is 1.85 bits per heavy atom. The number of carbonyl (C=O) groups excluding carboxylic acids is 1. The van der Waals surface area contributed by atoms with Crippen LogP contribution in [0.25, 0.3) is 0 Å². The number of benzene rings is 3. The molecule has 0 bridgehead atoms. The molecule has 3 aromatic rings. The Bertz CT molecular complexity index is 1150. The van der Waals surface area contributed by atoms with Crippen LogP contribution in [-0.4, -0.2) is 25.3 Å². The first-order chi connectivity index (χ1) is 15.9.